The van der Waals surface area contributed by atoms with Crippen molar-refractivity contribution in [3.63, 3.8) is 0 Å². The Morgan fingerprint density at radius 3 is 2.25 bits per heavy atom. The van der Waals surface area contributed by atoms with Crippen LogP contribution in [0.3, 0.4) is 0 Å². The molecule has 0 spiro atoms. The Morgan fingerprint density at radius 2 is 1.69 bits per heavy atom. The van der Waals surface area contributed by atoms with Crippen LogP contribution in [-0.2, 0) is 9.84 Å². The maximum atomic E-state index is 11.4. The molecule has 0 radical (unpaired) electrons. The smallest absolute Gasteiger partial charge is 0.153 e. The summed E-state index contributed by atoms with van der Waals surface area (Å²) in [6, 6.07) is 0. The quantitative estimate of drug-likeness (QED) is 0.489. The van der Waals surface area contributed by atoms with Crippen molar-refractivity contribution < 1.29 is 8.42 Å². The fourth-order valence-electron chi connectivity index (χ4n) is 1.27. The molecule has 1 N–H and O–H groups in total. The lowest BCUT2D eigenvalue weighted by molar-refractivity contribution is 0.576. The molecule has 0 bridgehead atoms. The van der Waals surface area contributed by atoms with Gasteiger partial charge in [-0.2, -0.15) is 0 Å². The van der Waals surface area contributed by atoms with Gasteiger partial charge in [-0.05, 0) is 33.2 Å². The predicted octanol–water partition coefficient (Wildman–Crippen LogP) is 2.20. The van der Waals surface area contributed by atoms with Crippen LogP contribution in [0.5, 0.6) is 0 Å². The number of halogens is 1. The molecule has 0 aromatic carbocycles. The maximum absolute atomic E-state index is 11.4. The van der Waals surface area contributed by atoms with E-state index in [9.17, 15) is 8.42 Å². The lowest BCUT2D eigenvalue weighted by Gasteiger charge is -2.08. The lowest BCUT2D eigenvalue weighted by Crippen LogP contribution is -2.27. The summed E-state index contributed by atoms with van der Waals surface area (Å²) in [5.41, 5.74) is 0. The Labute approximate surface area is 105 Å². The molecule has 3 nitrogen and oxygen atoms in total. The molecule has 0 aliphatic heterocycles. The highest BCUT2D eigenvalue weighted by Gasteiger charge is 2.14. The molecule has 0 aliphatic carbocycles. The first kappa shape index (κ1) is 16.2. The summed E-state index contributed by atoms with van der Waals surface area (Å²) >= 11 is 5.56. The average molecular weight is 270 g/mol. The summed E-state index contributed by atoms with van der Waals surface area (Å²) in [6.45, 7) is 4.91. The first-order valence-electron chi connectivity index (χ1n) is 5.99. The third-order valence-electron chi connectivity index (χ3n) is 2.52. The molecule has 0 saturated carbocycles. The minimum absolute atomic E-state index is 0.242. The van der Waals surface area contributed by atoms with E-state index in [4.69, 9.17) is 11.6 Å². The third-order valence-corrected chi connectivity index (χ3v) is 5.00. The molecular formula is C11H24ClNO2S. The molecule has 0 fully saturated rings. The fraction of sp³-hybridized carbons (Fsp3) is 1.00. The van der Waals surface area contributed by atoms with Crippen molar-refractivity contribution in [2.75, 3.05) is 24.7 Å². The van der Waals surface area contributed by atoms with Crippen LogP contribution in [-0.4, -0.2) is 38.4 Å². The second-order valence-corrected chi connectivity index (χ2v) is 7.32. The molecule has 0 rings (SSSR count). The number of nitrogens with one attached hydrogen (secondary N) is 1. The normalized spacial score (nSPS) is 12.2. The number of rotatable bonds is 10. The molecule has 0 unspecified atom stereocenters. The molecule has 16 heavy (non-hydrogen) atoms. The summed E-state index contributed by atoms with van der Waals surface area (Å²) in [7, 11) is -2.88. The van der Waals surface area contributed by atoms with E-state index in [-0.39, 0.29) is 11.0 Å². The van der Waals surface area contributed by atoms with Crippen molar-refractivity contribution in [3.05, 3.63) is 0 Å². The minimum atomic E-state index is -2.88. The lowest BCUT2D eigenvalue weighted by atomic mass is 10.2. The van der Waals surface area contributed by atoms with Gasteiger partial charge < -0.3 is 5.32 Å². The van der Waals surface area contributed by atoms with E-state index >= 15 is 0 Å². The van der Waals surface area contributed by atoms with Crippen molar-refractivity contribution >= 4 is 21.4 Å². The molecule has 0 aromatic rings. The predicted molar refractivity (Wildman–Crippen MR) is 71.0 cm³/mol. The van der Waals surface area contributed by atoms with Crippen molar-refractivity contribution in [1.29, 1.82) is 0 Å². The van der Waals surface area contributed by atoms with E-state index in [1.165, 1.54) is 0 Å². The summed E-state index contributed by atoms with van der Waals surface area (Å²) in [5, 5.41) is 2.90. The van der Waals surface area contributed by atoms with Gasteiger partial charge in [0, 0.05) is 12.4 Å². The zero-order valence-corrected chi connectivity index (χ0v) is 11.9. The van der Waals surface area contributed by atoms with Gasteiger partial charge in [0.2, 0.25) is 0 Å². The monoisotopic (exact) mass is 269 g/mol. The number of hydrogen-bond acceptors (Lipinski definition) is 3. The van der Waals surface area contributed by atoms with Crippen LogP contribution in [0, 0.1) is 0 Å². The van der Waals surface area contributed by atoms with Crippen molar-refractivity contribution in [3.8, 4) is 0 Å². The van der Waals surface area contributed by atoms with Crippen molar-refractivity contribution in [1.82, 2.24) is 5.32 Å². The Hall–Kier alpha value is 0.200. The minimum Gasteiger partial charge on any atom is -0.316 e. The molecule has 0 heterocycles. The number of unbranched alkanes of at least 4 members (excludes halogenated alkanes) is 3. The highest BCUT2D eigenvalue weighted by atomic mass is 35.5. The molecular weight excluding hydrogens is 246 g/mol. The molecule has 0 aliphatic rings. The van der Waals surface area contributed by atoms with Crippen LogP contribution >= 0.6 is 11.6 Å². The second kappa shape index (κ2) is 9.25. The van der Waals surface area contributed by atoms with Gasteiger partial charge in [-0.25, -0.2) is 8.42 Å². The molecule has 0 atom stereocenters. The van der Waals surface area contributed by atoms with E-state index in [0.717, 1.165) is 38.1 Å². The number of alkyl halides is 1. The van der Waals surface area contributed by atoms with Crippen LogP contribution in [0.1, 0.15) is 39.5 Å². The molecule has 0 aromatic heterocycles. The van der Waals surface area contributed by atoms with Crippen molar-refractivity contribution in [2.45, 2.75) is 44.8 Å². The van der Waals surface area contributed by atoms with Crippen LogP contribution < -0.4 is 5.32 Å². The van der Waals surface area contributed by atoms with Gasteiger partial charge in [0.25, 0.3) is 0 Å². The van der Waals surface area contributed by atoms with E-state index in [0.29, 0.717) is 6.54 Å². The standard InChI is InChI=1S/C11H24ClNO2S/c1-11(2)16(14,15)10-9-13-8-6-4-3-5-7-12/h11,13H,3-10H2,1-2H3. The molecule has 0 saturated heterocycles. The van der Waals surface area contributed by atoms with E-state index < -0.39 is 9.84 Å². The van der Waals surface area contributed by atoms with E-state index in [1.807, 2.05) is 0 Å². The topological polar surface area (TPSA) is 46.2 Å². The second-order valence-electron chi connectivity index (χ2n) is 4.27. The van der Waals surface area contributed by atoms with Gasteiger partial charge in [0.1, 0.15) is 0 Å². The SMILES string of the molecule is CC(C)S(=O)(=O)CCNCCCCCCCl. The van der Waals surface area contributed by atoms with Gasteiger partial charge >= 0.3 is 0 Å². The first-order valence-corrected chi connectivity index (χ1v) is 8.24. The Balaban J connectivity index is 3.34. The van der Waals surface area contributed by atoms with E-state index in [2.05, 4.69) is 5.32 Å². The van der Waals surface area contributed by atoms with Gasteiger partial charge in [-0.3, -0.25) is 0 Å². The van der Waals surface area contributed by atoms with Crippen molar-refractivity contribution in [2.24, 2.45) is 0 Å². The van der Waals surface area contributed by atoms with Crippen LogP contribution in [0.25, 0.3) is 0 Å². The largest absolute Gasteiger partial charge is 0.316 e. The number of hydrogen-bond donors (Lipinski definition) is 1. The third kappa shape index (κ3) is 8.36. The Morgan fingerprint density at radius 1 is 1.06 bits per heavy atom. The van der Waals surface area contributed by atoms with Gasteiger partial charge in [0.05, 0.1) is 11.0 Å². The zero-order chi connectivity index (χ0) is 12.4. The number of sulfone groups is 1. The highest BCUT2D eigenvalue weighted by Crippen LogP contribution is 2.01. The average Bonchev–Trinajstić information content (AvgIpc) is 2.21. The summed E-state index contributed by atoms with van der Waals surface area (Å²) in [6.07, 6.45) is 4.49. The van der Waals surface area contributed by atoms with Gasteiger partial charge in [-0.15, -0.1) is 11.6 Å². The summed E-state index contributed by atoms with van der Waals surface area (Å²) in [4.78, 5) is 0. The zero-order valence-electron chi connectivity index (χ0n) is 10.3. The molecule has 98 valence electrons. The molecule has 0 amide bonds. The fourth-order valence-corrected chi connectivity index (χ4v) is 2.36. The maximum Gasteiger partial charge on any atom is 0.153 e. The molecule has 5 heteroatoms. The van der Waals surface area contributed by atoms with Crippen LogP contribution in [0.4, 0.5) is 0 Å². The van der Waals surface area contributed by atoms with Gasteiger partial charge in [0.15, 0.2) is 9.84 Å². The van der Waals surface area contributed by atoms with Crippen LogP contribution in [0.15, 0.2) is 0 Å². The Bertz CT molecular complexity index is 253. The highest BCUT2D eigenvalue weighted by molar-refractivity contribution is 7.92. The first-order chi connectivity index (χ1) is 7.50. The van der Waals surface area contributed by atoms with Crippen LogP contribution in [0.2, 0.25) is 0 Å². The summed E-state index contributed by atoms with van der Waals surface area (Å²) in [5.74, 6) is 0.979. The Kier molecular flexibility index (Phi) is 9.37. The van der Waals surface area contributed by atoms with E-state index in [1.54, 1.807) is 13.8 Å². The summed E-state index contributed by atoms with van der Waals surface area (Å²) < 4.78 is 22.9. The van der Waals surface area contributed by atoms with Gasteiger partial charge in [-0.1, -0.05) is 12.8 Å².